The lowest BCUT2D eigenvalue weighted by Gasteiger charge is -2.11. The Morgan fingerprint density at radius 2 is 1.36 bits per heavy atom. The molecule has 0 amide bonds. The summed E-state index contributed by atoms with van der Waals surface area (Å²) < 4.78 is 0. The normalized spacial score (nSPS) is 11.2. The molecule has 0 atom stereocenters. The number of aryl methyl sites for hydroxylation is 1. The number of fused-ring (bicyclic) bond motifs is 3. The Balaban J connectivity index is 1.98. The molecular weight excluding hydrogens is 264 g/mol. The lowest BCUT2D eigenvalue weighted by Crippen LogP contribution is -1.87. The highest BCUT2D eigenvalue weighted by Gasteiger charge is 2.06. The minimum absolute atomic E-state index is 1.30. The fourth-order valence-corrected chi connectivity index (χ4v) is 3.24. The first-order valence-electron chi connectivity index (χ1n) is 7.72. The summed E-state index contributed by atoms with van der Waals surface area (Å²) in [6.07, 6.45) is 0. The summed E-state index contributed by atoms with van der Waals surface area (Å²) >= 11 is 0. The van der Waals surface area contributed by atoms with Crippen molar-refractivity contribution >= 4 is 21.5 Å². The van der Waals surface area contributed by atoms with Gasteiger partial charge in [-0.1, -0.05) is 66.7 Å². The third kappa shape index (κ3) is 2.00. The second-order valence-electron chi connectivity index (χ2n) is 5.97. The maximum absolute atomic E-state index is 2.31. The van der Waals surface area contributed by atoms with Gasteiger partial charge in [-0.3, -0.25) is 0 Å². The summed E-state index contributed by atoms with van der Waals surface area (Å²) in [5.41, 5.74) is 5.33. The van der Waals surface area contributed by atoms with Gasteiger partial charge in [0.15, 0.2) is 0 Å². The Morgan fingerprint density at radius 1 is 0.591 bits per heavy atom. The number of hydrogen-bond donors (Lipinski definition) is 0. The first kappa shape index (κ1) is 13.1. The van der Waals surface area contributed by atoms with Gasteiger partial charge in [0.2, 0.25) is 0 Å². The van der Waals surface area contributed by atoms with Crippen molar-refractivity contribution in [3.63, 3.8) is 0 Å². The molecule has 0 heterocycles. The van der Waals surface area contributed by atoms with Crippen molar-refractivity contribution in [2.75, 3.05) is 0 Å². The Labute approximate surface area is 131 Å². The molecule has 0 nitrogen and oxygen atoms in total. The van der Waals surface area contributed by atoms with Gasteiger partial charge in [0.05, 0.1) is 0 Å². The summed E-state index contributed by atoms with van der Waals surface area (Å²) in [6, 6.07) is 26.4. The van der Waals surface area contributed by atoms with E-state index in [1.165, 1.54) is 43.8 Å². The fraction of sp³-hybridized carbons (Fsp3) is 0.0909. The van der Waals surface area contributed by atoms with E-state index >= 15 is 0 Å². The lowest BCUT2D eigenvalue weighted by atomic mass is 9.94. The maximum atomic E-state index is 2.31. The van der Waals surface area contributed by atoms with Crippen molar-refractivity contribution in [3.8, 4) is 11.1 Å². The molecule has 0 aliphatic carbocycles. The van der Waals surface area contributed by atoms with Gasteiger partial charge in [-0.25, -0.2) is 0 Å². The molecule has 0 aliphatic heterocycles. The van der Waals surface area contributed by atoms with E-state index in [4.69, 9.17) is 0 Å². The molecule has 0 heteroatoms. The summed E-state index contributed by atoms with van der Waals surface area (Å²) in [6.45, 7) is 4.38. The Hall–Kier alpha value is -2.60. The van der Waals surface area contributed by atoms with E-state index in [1.807, 2.05) is 0 Å². The van der Waals surface area contributed by atoms with Crippen LogP contribution in [0.3, 0.4) is 0 Å². The van der Waals surface area contributed by atoms with Gasteiger partial charge >= 0.3 is 0 Å². The predicted octanol–water partition coefficient (Wildman–Crippen LogP) is 6.28. The van der Waals surface area contributed by atoms with Crippen LogP contribution in [0, 0.1) is 13.8 Å². The Morgan fingerprint density at radius 3 is 2.27 bits per heavy atom. The summed E-state index contributed by atoms with van der Waals surface area (Å²) in [4.78, 5) is 0. The standard InChI is InChI=1S/C22H18/c1-15-6-5-9-20(16(15)2)18-12-13-22-19(14-18)11-10-17-7-3-4-8-21(17)22/h3-14H,1-2H3. The van der Waals surface area contributed by atoms with Crippen LogP contribution in [0.5, 0.6) is 0 Å². The Bertz CT molecular complexity index is 993. The zero-order valence-electron chi connectivity index (χ0n) is 12.9. The van der Waals surface area contributed by atoms with E-state index in [9.17, 15) is 0 Å². The van der Waals surface area contributed by atoms with Crippen LogP contribution >= 0.6 is 0 Å². The maximum Gasteiger partial charge on any atom is -0.0105 e. The summed E-state index contributed by atoms with van der Waals surface area (Å²) in [7, 11) is 0. The molecular formula is C22H18. The molecule has 0 unspecified atom stereocenters. The van der Waals surface area contributed by atoms with Gasteiger partial charge in [0.1, 0.15) is 0 Å². The largest absolute Gasteiger partial charge is 0.0616 e. The monoisotopic (exact) mass is 282 g/mol. The number of hydrogen-bond acceptors (Lipinski definition) is 0. The fourth-order valence-electron chi connectivity index (χ4n) is 3.24. The van der Waals surface area contributed by atoms with Gasteiger partial charge in [0, 0.05) is 0 Å². The first-order valence-corrected chi connectivity index (χ1v) is 7.72. The van der Waals surface area contributed by atoms with E-state index in [0.29, 0.717) is 0 Å². The van der Waals surface area contributed by atoms with Gasteiger partial charge < -0.3 is 0 Å². The quantitative estimate of drug-likeness (QED) is 0.360. The van der Waals surface area contributed by atoms with Crippen LogP contribution in [0.25, 0.3) is 32.7 Å². The molecule has 0 fully saturated rings. The van der Waals surface area contributed by atoms with E-state index in [2.05, 4.69) is 86.6 Å². The van der Waals surface area contributed by atoms with Crippen LogP contribution < -0.4 is 0 Å². The Kier molecular flexibility index (Phi) is 2.97. The van der Waals surface area contributed by atoms with E-state index in [0.717, 1.165) is 0 Å². The van der Waals surface area contributed by atoms with Crippen molar-refractivity contribution in [2.45, 2.75) is 13.8 Å². The third-order valence-electron chi connectivity index (χ3n) is 4.66. The molecule has 0 aliphatic rings. The molecule has 0 aromatic heterocycles. The summed E-state index contributed by atoms with van der Waals surface area (Å²) in [5.74, 6) is 0. The van der Waals surface area contributed by atoms with E-state index in [-0.39, 0.29) is 0 Å². The molecule has 4 rings (SSSR count). The smallest absolute Gasteiger partial charge is 0.0105 e. The average molecular weight is 282 g/mol. The van der Waals surface area contributed by atoms with Gasteiger partial charge in [-0.05, 0) is 63.7 Å². The number of rotatable bonds is 1. The molecule has 0 N–H and O–H groups in total. The van der Waals surface area contributed by atoms with Crippen LogP contribution in [0.1, 0.15) is 11.1 Å². The molecule has 0 radical (unpaired) electrons. The minimum Gasteiger partial charge on any atom is -0.0616 e. The zero-order chi connectivity index (χ0) is 15.1. The van der Waals surface area contributed by atoms with Gasteiger partial charge in [0.25, 0.3) is 0 Å². The van der Waals surface area contributed by atoms with E-state index in [1.54, 1.807) is 0 Å². The predicted molar refractivity (Wildman–Crippen MR) is 96.4 cm³/mol. The molecule has 4 aromatic rings. The molecule has 22 heavy (non-hydrogen) atoms. The van der Waals surface area contributed by atoms with Crippen LogP contribution in [0.4, 0.5) is 0 Å². The lowest BCUT2D eigenvalue weighted by molar-refractivity contribution is 1.34. The van der Waals surface area contributed by atoms with Crippen molar-refractivity contribution in [2.24, 2.45) is 0 Å². The van der Waals surface area contributed by atoms with Gasteiger partial charge in [-0.15, -0.1) is 0 Å². The van der Waals surface area contributed by atoms with Crippen LogP contribution in [-0.4, -0.2) is 0 Å². The molecule has 4 aromatic carbocycles. The zero-order valence-corrected chi connectivity index (χ0v) is 12.9. The molecule has 0 saturated heterocycles. The highest BCUT2D eigenvalue weighted by molar-refractivity contribution is 6.08. The van der Waals surface area contributed by atoms with Gasteiger partial charge in [-0.2, -0.15) is 0 Å². The average Bonchev–Trinajstić information content (AvgIpc) is 2.57. The number of benzene rings is 4. The second-order valence-corrected chi connectivity index (χ2v) is 5.97. The molecule has 0 spiro atoms. The van der Waals surface area contributed by atoms with E-state index < -0.39 is 0 Å². The second kappa shape index (κ2) is 4.99. The topological polar surface area (TPSA) is 0 Å². The van der Waals surface area contributed by atoms with Crippen molar-refractivity contribution in [1.82, 2.24) is 0 Å². The van der Waals surface area contributed by atoms with Crippen molar-refractivity contribution in [1.29, 1.82) is 0 Å². The van der Waals surface area contributed by atoms with Crippen molar-refractivity contribution in [3.05, 3.63) is 83.9 Å². The highest BCUT2D eigenvalue weighted by Crippen LogP contribution is 2.31. The SMILES string of the molecule is Cc1cccc(-c2ccc3c(ccc4ccccc43)c2)c1C. The highest BCUT2D eigenvalue weighted by atomic mass is 14.1. The molecule has 0 bridgehead atoms. The summed E-state index contributed by atoms with van der Waals surface area (Å²) in [5, 5.41) is 5.26. The third-order valence-corrected chi connectivity index (χ3v) is 4.66. The van der Waals surface area contributed by atoms with Crippen LogP contribution in [-0.2, 0) is 0 Å². The first-order chi connectivity index (χ1) is 10.7. The van der Waals surface area contributed by atoms with Crippen LogP contribution in [0.2, 0.25) is 0 Å². The van der Waals surface area contributed by atoms with Crippen molar-refractivity contribution < 1.29 is 0 Å². The van der Waals surface area contributed by atoms with Crippen LogP contribution in [0.15, 0.2) is 72.8 Å². The minimum atomic E-state index is 1.30. The molecule has 106 valence electrons. The molecule has 0 saturated carbocycles.